The molecule has 2 N–H and O–H groups in total. The molecule has 0 radical (unpaired) electrons. The summed E-state index contributed by atoms with van der Waals surface area (Å²) in [5.74, 6) is -0.788. The molecule has 5 nitrogen and oxygen atoms in total. The number of carboxylic acid groups (broad SMARTS) is 1. The molecule has 0 saturated heterocycles. The van der Waals surface area contributed by atoms with Crippen molar-refractivity contribution < 1.29 is 19.4 Å². The van der Waals surface area contributed by atoms with Gasteiger partial charge in [0.2, 0.25) is 0 Å². The van der Waals surface area contributed by atoms with Gasteiger partial charge in [-0.05, 0) is 32.9 Å². The van der Waals surface area contributed by atoms with Crippen molar-refractivity contribution in [3.63, 3.8) is 0 Å². The zero-order valence-electron chi connectivity index (χ0n) is 11.4. The molecular formula is C14H19NO4. The standard InChI is InChI=1S/C14H19NO4/c1-14(2,3)19-11-7-5-4-6-10(11)13(18)15-9-8-12(16)17/h4-7H,8-9H2,1-3H3,(H,15,18)(H,16,17). The Kier molecular flexibility index (Phi) is 4.92. The third-order valence-electron chi connectivity index (χ3n) is 2.17. The van der Waals surface area contributed by atoms with Crippen LogP contribution in [0.25, 0.3) is 0 Å². The lowest BCUT2D eigenvalue weighted by atomic mass is 10.1. The Bertz CT molecular complexity index is 463. The van der Waals surface area contributed by atoms with Crippen LogP contribution in [-0.2, 0) is 4.79 Å². The van der Waals surface area contributed by atoms with E-state index < -0.39 is 11.6 Å². The molecule has 104 valence electrons. The molecule has 0 saturated carbocycles. The van der Waals surface area contributed by atoms with Gasteiger partial charge in [-0.2, -0.15) is 0 Å². The molecule has 0 bridgehead atoms. The molecular weight excluding hydrogens is 246 g/mol. The molecule has 0 aliphatic rings. The van der Waals surface area contributed by atoms with Gasteiger partial charge >= 0.3 is 5.97 Å². The maximum absolute atomic E-state index is 11.9. The maximum Gasteiger partial charge on any atom is 0.305 e. The lowest BCUT2D eigenvalue weighted by Crippen LogP contribution is -2.28. The molecule has 0 aliphatic heterocycles. The van der Waals surface area contributed by atoms with Crippen molar-refractivity contribution in [3.8, 4) is 5.75 Å². The van der Waals surface area contributed by atoms with E-state index in [1.54, 1.807) is 24.3 Å². The van der Waals surface area contributed by atoms with E-state index in [9.17, 15) is 9.59 Å². The molecule has 5 heteroatoms. The van der Waals surface area contributed by atoms with Gasteiger partial charge in [0.1, 0.15) is 11.4 Å². The molecule has 0 aliphatic carbocycles. The number of aliphatic carboxylic acids is 1. The van der Waals surface area contributed by atoms with Crippen molar-refractivity contribution in [3.05, 3.63) is 29.8 Å². The highest BCUT2D eigenvalue weighted by Crippen LogP contribution is 2.22. The first-order valence-corrected chi connectivity index (χ1v) is 6.07. The Labute approximate surface area is 112 Å². The van der Waals surface area contributed by atoms with Crippen LogP contribution >= 0.6 is 0 Å². The van der Waals surface area contributed by atoms with Gasteiger partial charge in [-0.3, -0.25) is 9.59 Å². The topological polar surface area (TPSA) is 75.6 Å². The Balaban J connectivity index is 2.76. The molecule has 1 aromatic carbocycles. The zero-order valence-corrected chi connectivity index (χ0v) is 11.4. The third-order valence-corrected chi connectivity index (χ3v) is 2.17. The number of carbonyl (C=O) groups is 2. The number of para-hydroxylation sites is 1. The maximum atomic E-state index is 11.9. The number of amides is 1. The normalized spacial score (nSPS) is 10.9. The number of benzene rings is 1. The summed E-state index contributed by atoms with van der Waals surface area (Å²) in [5, 5.41) is 11.1. The monoisotopic (exact) mass is 265 g/mol. The molecule has 0 fully saturated rings. The van der Waals surface area contributed by atoms with Gasteiger partial charge in [-0.1, -0.05) is 12.1 Å². The Morgan fingerprint density at radius 1 is 1.26 bits per heavy atom. The van der Waals surface area contributed by atoms with Gasteiger partial charge in [0.25, 0.3) is 5.91 Å². The third kappa shape index (κ3) is 5.42. The number of carboxylic acids is 1. The SMILES string of the molecule is CC(C)(C)Oc1ccccc1C(=O)NCCC(=O)O. The minimum atomic E-state index is -0.945. The number of carbonyl (C=O) groups excluding carboxylic acids is 1. The van der Waals surface area contributed by atoms with Crippen LogP contribution < -0.4 is 10.1 Å². The van der Waals surface area contributed by atoms with Crippen molar-refractivity contribution >= 4 is 11.9 Å². The van der Waals surface area contributed by atoms with Crippen LogP contribution in [0, 0.1) is 0 Å². The summed E-state index contributed by atoms with van der Waals surface area (Å²) in [5.41, 5.74) is 0.0000734. The van der Waals surface area contributed by atoms with Crippen LogP contribution in [0.1, 0.15) is 37.6 Å². The first-order valence-electron chi connectivity index (χ1n) is 6.07. The summed E-state index contributed by atoms with van der Waals surface area (Å²) in [6, 6.07) is 6.89. The molecule has 1 aromatic rings. The van der Waals surface area contributed by atoms with Crippen molar-refractivity contribution in [2.75, 3.05) is 6.54 Å². The highest BCUT2D eigenvalue weighted by molar-refractivity contribution is 5.97. The first kappa shape index (κ1) is 15.0. The number of nitrogens with one attached hydrogen (secondary N) is 1. The van der Waals surface area contributed by atoms with E-state index in [-0.39, 0.29) is 18.9 Å². The molecule has 0 unspecified atom stereocenters. The van der Waals surface area contributed by atoms with Crippen molar-refractivity contribution in [2.24, 2.45) is 0 Å². The molecule has 0 atom stereocenters. The van der Waals surface area contributed by atoms with Gasteiger partial charge in [0.15, 0.2) is 0 Å². The van der Waals surface area contributed by atoms with Crippen LogP contribution in [0.15, 0.2) is 24.3 Å². The summed E-state index contributed by atoms with van der Waals surface area (Å²) in [4.78, 5) is 22.3. The van der Waals surface area contributed by atoms with Crippen LogP contribution in [0.2, 0.25) is 0 Å². The van der Waals surface area contributed by atoms with Gasteiger partial charge < -0.3 is 15.2 Å². The lowest BCUT2D eigenvalue weighted by molar-refractivity contribution is -0.136. The van der Waals surface area contributed by atoms with Crippen LogP contribution in [-0.4, -0.2) is 29.1 Å². The van der Waals surface area contributed by atoms with Crippen molar-refractivity contribution in [1.29, 1.82) is 0 Å². The van der Waals surface area contributed by atoms with Crippen molar-refractivity contribution in [2.45, 2.75) is 32.8 Å². The average Bonchev–Trinajstić information content (AvgIpc) is 2.26. The Morgan fingerprint density at radius 3 is 2.47 bits per heavy atom. The Hall–Kier alpha value is -2.04. The number of ether oxygens (including phenoxy) is 1. The van der Waals surface area contributed by atoms with Crippen LogP contribution in [0.5, 0.6) is 5.75 Å². The predicted octanol–water partition coefficient (Wildman–Crippen LogP) is 2.07. The molecule has 1 amide bonds. The summed E-state index contributed by atoms with van der Waals surface area (Å²) in [7, 11) is 0. The largest absolute Gasteiger partial charge is 0.487 e. The van der Waals surface area contributed by atoms with Gasteiger partial charge in [0.05, 0.1) is 12.0 Å². The molecule has 0 aromatic heterocycles. The quantitative estimate of drug-likeness (QED) is 0.854. The predicted molar refractivity (Wildman–Crippen MR) is 71.4 cm³/mol. The van der Waals surface area contributed by atoms with E-state index in [1.165, 1.54) is 0 Å². The number of hydrogen-bond acceptors (Lipinski definition) is 3. The Morgan fingerprint density at radius 2 is 1.89 bits per heavy atom. The average molecular weight is 265 g/mol. The number of rotatable bonds is 5. The molecule has 0 spiro atoms. The minimum Gasteiger partial charge on any atom is -0.487 e. The molecule has 19 heavy (non-hydrogen) atoms. The van der Waals surface area contributed by atoms with E-state index in [1.807, 2.05) is 20.8 Å². The second kappa shape index (κ2) is 6.22. The van der Waals surface area contributed by atoms with Gasteiger partial charge in [0, 0.05) is 6.54 Å². The van der Waals surface area contributed by atoms with Gasteiger partial charge in [-0.15, -0.1) is 0 Å². The number of hydrogen-bond donors (Lipinski definition) is 2. The summed E-state index contributed by atoms with van der Waals surface area (Å²) < 4.78 is 5.70. The minimum absolute atomic E-state index is 0.0953. The summed E-state index contributed by atoms with van der Waals surface area (Å²) in [6.07, 6.45) is -0.103. The highest BCUT2D eigenvalue weighted by Gasteiger charge is 2.17. The zero-order chi connectivity index (χ0) is 14.5. The summed E-state index contributed by atoms with van der Waals surface area (Å²) in [6.45, 7) is 5.78. The second-order valence-corrected chi connectivity index (χ2v) is 5.11. The smallest absolute Gasteiger partial charge is 0.305 e. The highest BCUT2D eigenvalue weighted by atomic mass is 16.5. The van der Waals surface area contributed by atoms with Crippen LogP contribution in [0.3, 0.4) is 0 Å². The van der Waals surface area contributed by atoms with Crippen molar-refractivity contribution in [1.82, 2.24) is 5.32 Å². The summed E-state index contributed by atoms with van der Waals surface area (Å²) >= 11 is 0. The molecule has 0 heterocycles. The van der Waals surface area contributed by atoms with E-state index in [0.29, 0.717) is 11.3 Å². The fraction of sp³-hybridized carbons (Fsp3) is 0.429. The second-order valence-electron chi connectivity index (χ2n) is 5.11. The molecule has 1 rings (SSSR count). The fourth-order valence-electron chi connectivity index (χ4n) is 1.45. The lowest BCUT2D eigenvalue weighted by Gasteiger charge is -2.22. The van der Waals surface area contributed by atoms with Crippen LogP contribution in [0.4, 0.5) is 0 Å². The van der Waals surface area contributed by atoms with E-state index in [4.69, 9.17) is 9.84 Å². The van der Waals surface area contributed by atoms with E-state index in [2.05, 4.69) is 5.32 Å². The van der Waals surface area contributed by atoms with Gasteiger partial charge in [-0.25, -0.2) is 0 Å². The van der Waals surface area contributed by atoms with E-state index >= 15 is 0 Å². The fourth-order valence-corrected chi connectivity index (χ4v) is 1.45. The van der Waals surface area contributed by atoms with E-state index in [0.717, 1.165) is 0 Å². The first-order chi connectivity index (χ1) is 8.79.